The van der Waals surface area contributed by atoms with Crippen molar-refractivity contribution in [2.24, 2.45) is 0 Å². The molecule has 3 N–H and O–H groups in total. The van der Waals surface area contributed by atoms with Crippen LogP contribution in [0.5, 0.6) is 0 Å². The molecule has 0 amide bonds. The summed E-state index contributed by atoms with van der Waals surface area (Å²) in [5, 5.41) is 0. The Morgan fingerprint density at radius 2 is 2.14 bits per heavy atom. The summed E-state index contributed by atoms with van der Waals surface area (Å²) < 4.78 is 29.0. The fourth-order valence-corrected chi connectivity index (χ4v) is 3.39. The maximum Gasteiger partial charge on any atom is 0.240 e. The van der Waals surface area contributed by atoms with Crippen LogP contribution in [0, 0.1) is 6.92 Å². The van der Waals surface area contributed by atoms with E-state index in [1.165, 1.54) is 0 Å². The minimum Gasteiger partial charge on any atom is -0.398 e. The Labute approximate surface area is 125 Å². The summed E-state index contributed by atoms with van der Waals surface area (Å²) in [5.74, 6) is 0. The standard InChI is InChI=1S/C14H20N4O2S/c1-12-13(15)5-4-6-14(12)21(19,20)17-7-2-3-9-18-10-8-16-11-18/h4-6,8,10-11,17H,2-3,7,9,15H2,1H3. The number of nitrogens with two attached hydrogens (primary N) is 1. The highest BCUT2D eigenvalue weighted by molar-refractivity contribution is 7.89. The third-order valence-electron chi connectivity index (χ3n) is 3.31. The maximum absolute atomic E-state index is 12.2. The molecule has 1 heterocycles. The summed E-state index contributed by atoms with van der Waals surface area (Å²) in [7, 11) is -3.50. The van der Waals surface area contributed by atoms with Crippen molar-refractivity contribution in [1.82, 2.24) is 14.3 Å². The smallest absolute Gasteiger partial charge is 0.240 e. The molecule has 0 atom stereocenters. The molecular weight excluding hydrogens is 288 g/mol. The first-order valence-corrected chi connectivity index (χ1v) is 8.29. The van der Waals surface area contributed by atoms with Gasteiger partial charge in [0.1, 0.15) is 0 Å². The van der Waals surface area contributed by atoms with Gasteiger partial charge < -0.3 is 10.3 Å². The number of aryl methyl sites for hydroxylation is 1. The van der Waals surface area contributed by atoms with E-state index < -0.39 is 10.0 Å². The van der Waals surface area contributed by atoms with E-state index in [1.54, 1.807) is 37.6 Å². The maximum atomic E-state index is 12.2. The van der Waals surface area contributed by atoms with Gasteiger partial charge in [0.15, 0.2) is 0 Å². The van der Waals surface area contributed by atoms with Gasteiger partial charge in [-0.1, -0.05) is 6.07 Å². The normalized spacial score (nSPS) is 11.7. The predicted molar refractivity (Wildman–Crippen MR) is 82.2 cm³/mol. The number of sulfonamides is 1. The molecule has 1 aromatic heterocycles. The summed E-state index contributed by atoms with van der Waals surface area (Å²) in [6, 6.07) is 4.91. The van der Waals surface area contributed by atoms with Crippen LogP contribution < -0.4 is 10.5 Å². The van der Waals surface area contributed by atoms with Crippen LogP contribution in [0.4, 0.5) is 5.69 Å². The average Bonchev–Trinajstić information content (AvgIpc) is 2.94. The van der Waals surface area contributed by atoms with Gasteiger partial charge in [0.05, 0.1) is 11.2 Å². The zero-order chi connectivity index (χ0) is 15.3. The van der Waals surface area contributed by atoms with Crippen molar-refractivity contribution in [3.63, 3.8) is 0 Å². The monoisotopic (exact) mass is 308 g/mol. The average molecular weight is 308 g/mol. The SMILES string of the molecule is Cc1c(N)cccc1S(=O)(=O)NCCCCn1ccnc1. The number of nitrogen functional groups attached to an aromatic ring is 1. The van der Waals surface area contributed by atoms with Gasteiger partial charge in [0, 0.05) is 31.2 Å². The molecule has 0 saturated heterocycles. The van der Waals surface area contributed by atoms with E-state index in [2.05, 4.69) is 9.71 Å². The fourth-order valence-electron chi connectivity index (χ4n) is 2.05. The minimum atomic E-state index is -3.50. The largest absolute Gasteiger partial charge is 0.398 e. The van der Waals surface area contributed by atoms with Crippen molar-refractivity contribution in [2.45, 2.75) is 31.2 Å². The van der Waals surface area contributed by atoms with Crippen LogP contribution in [0.1, 0.15) is 18.4 Å². The molecule has 0 aliphatic rings. The number of rotatable bonds is 7. The number of nitrogens with one attached hydrogen (secondary N) is 1. The molecule has 0 aliphatic heterocycles. The Hall–Kier alpha value is -1.86. The molecule has 0 radical (unpaired) electrons. The second kappa shape index (κ2) is 6.73. The van der Waals surface area contributed by atoms with Gasteiger partial charge in [-0.25, -0.2) is 18.1 Å². The number of anilines is 1. The van der Waals surface area contributed by atoms with Gasteiger partial charge in [0.25, 0.3) is 0 Å². The van der Waals surface area contributed by atoms with E-state index in [4.69, 9.17) is 5.73 Å². The lowest BCUT2D eigenvalue weighted by Gasteiger charge is -2.10. The zero-order valence-corrected chi connectivity index (χ0v) is 12.8. The van der Waals surface area contributed by atoms with E-state index >= 15 is 0 Å². The Balaban J connectivity index is 1.85. The second-order valence-electron chi connectivity index (χ2n) is 4.88. The number of benzene rings is 1. The first-order chi connectivity index (χ1) is 10.0. The molecule has 0 unspecified atom stereocenters. The molecule has 1 aromatic carbocycles. The van der Waals surface area contributed by atoms with Crippen LogP contribution in [0.25, 0.3) is 0 Å². The molecule has 7 heteroatoms. The van der Waals surface area contributed by atoms with Gasteiger partial charge in [0.2, 0.25) is 10.0 Å². The van der Waals surface area contributed by atoms with Crippen LogP contribution in [0.15, 0.2) is 41.8 Å². The molecule has 2 rings (SSSR count). The van der Waals surface area contributed by atoms with Crippen molar-refractivity contribution < 1.29 is 8.42 Å². The summed E-state index contributed by atoms with van der Waals surface area (Å²) in [5.41, 5.74) is 6.82. The highest BCUT2D eigenvalue weighted by Crippen LogP contribution is 2.20. The summed E-state index contributed by atoms with van der Waals surface area (Å²) in [4.78, 5) is 4.20. The highest BCUT2D eigenvalue weighted by Gasteiger charge is 2.16. The van der Waals surface area contributed by atoms with Gasteiger partial charge >= 0.3 is 0 Å². The van der Waals surface area contributed by atoms with E-state index in [-0.39, 0.29) is 4.90 Å². The topological polar surface area (TPSA) is 90.0 Å². The number of aromatic nitrogens is 2. The zero-order valence-electron chi connectivity index (χ0n) is 12.0. The molecule has 0 fully saturated rings. The molecule has 0 bridgehead atoms. The third kappa shape index (κ3) is 4.05. The van der Waals surface area contributed by atoms with Crippen molar-refractivity contribution >= 4 is 15.7 Å². The van der Waals surface area contributed by atoms with Gasteiger partial charge in [-0.3, -0.25) is 0 Å². The van der Waals surface area contributed by atoms with Crippen molar-refractivity contribution in [3.8, 4) is 0 Å². The predicted octanol–water partition coefficient (Wildman–Crippen LogP) is 1.53. The first kappa shape index (κ1) is 15.5. The lowest BCUT2D eigenvalue weighted by atomic mass is 10.2. The third-order valence-corrected chi connectivity index (χ3v) is 4.92. The summed E-state index contributed by atoms with van der Waals surface area (Å²) in [6.07, 6.45) is 7.01. The lowest BCUT2D eigenvalue weighted by molar-refractivity contribution is 0.565. The molecule has 6 nitrogen and oxygen atoms in total. The Kier molecular flexibility index (Phi) is 4.98. The number of hydrogen-bond acceptors (Lipinski definition) is 4. The van der Waals surface area contributed by atoms with E-state index in [9.17, 15) is 8.42 Å². The Bertz CT molecular complexity index is 681. The van der Waals surface area contributed by atoms with E-state index in [1.807, 2.05) is 10.8 Å². The lowest BCUT2D eigenvalue weighted by Crippen LogP contribution is -2.25. The van der Waals surface area contributed by atoms with Crippen LogP contribution in [0.3, 0.4) is 0 Å². The van der Waals surface area contributed by atoms with Crippen molar-refractivity contribution in [1.29, 1.82) is 0 Å². The summed E-state index contributed by atoms with van der Waals surface area (Å²) in [6.45, 7) is 2.95. The van der Waals surface area contributed by atoms with E-state index in [0.717, 1.165) is 19.4 Å². The first-order valence-electron chi connectivity index (χ1n) is 6.81. The highest BCUT2D eigenvalue weighted by atomic mass is 32.2. The molecule has 114 valence electrons. The Morgan fingerprint density at radius 1 is 1.33 bits per heavy atom. The van der Waals surface area contributed by atoms with Crippen molar-refractivity contribution in [2.75, 3.05) is 12.3 Å². The molecule has 0 saturated carbocycles. The molecule has 2 aromatic rings. The van der Waals surface area contributed by atoms with Crippen LogP contribution in [-0.2, 0) is 16.6 Å². The fraction of sp³-hybridized carbons (Fsp3) is 0.357. The van der Waals surface area contributed by atoms with Gasteiger partial charge in [-0.15, -0.1) is 0 Å². The molecule has 21 heavy (non-hydrogen) atoms. The quantitative estimate of drug-likeness (QED) is 0.599. The van der Waals surface area contributed by atoms with Crippen LogP contribution >= 0.6 is 0 Å². The number of unbranched alkanes of at least 4 members (excludes halogenated alkanes) is 1. The molecule has 0 aliphatic carbocycles. The van der Waals surface area contributed by atoms with Gasteiger partial charge in [-0.05, 0) is 37.5 Å². The summed E-state index contributed by atoms with van der Waals surface area (Å²) >= 11 is 0. The van der Waals surface area contributed by atoms with E-state index in [0.29, 0.717) is 17.8 Å². The van der Waals surface area contributed by atoms with Crippen LogP contribution in [-0.4, -0.2) is 24.5 Å². The molecular formula is C14H20N4O2S. The van der Waals surface area contributed by atoms with Gasteiger partial charge in [-0.2, -0.15) is 0 Å². The number of nitrogens with zero attached hydrogens (tertiary/aromatic N) is 2. The second-order valence-corrected chi connectivity index (χ2v) is 6.61. The Morgan fingerprint density at radius 3 is 2.86 bits per heavy atom. The minimum absolute atomic E-state index is 0.247. The number of imidazole rings is 1. The number of hydrogen-bond donors (Lipinski definition) is 2. The van der Waals surface area contributed by atoms with Crippen molar-refractivity contribution in [3.05, 3.63) is 42.5 Å². The molecule has 0 spiro atoms. The van der Waals surface area contributed by atoms with Crippen LogP contribution in [0.2, 0.25) is 0 Å².